The number of anilines is 1. The Morgan fingerprint density at radius 2 is 1.85 bits per heavy atom. The van der Waals surface area contributed by atoms with E-state index in [-0.39, 0.29) is 17.4 Å². The lowest BCUT2D eigenvalue weighted by atomic mass is 9.97. The molecule has 0 spiro atoms. The van der Waals surface area contributed by atoms with Gasteiger partial charge in [0.05, 0.1) is 5.56 Å². The highest BCUT2D eigenvalue weighted by Crippen LogP contribution is 2.23. The summed E-state index contributed by atoms with van der Waals surface area (Å²) in [6, 6.07) is 4.80. The van der Waals surface area contributed by atoms with Gasteiger partial charge in [-0.3, -0.25) is 4.79 Å². The van der Waals surface area contributed by atoms with Gasteiger partial charge in [0.2, 0.25) is 5.91 Å². The van der Waals surface area contributed by atoms with Crippen LogP contribution in [-0.4, -0.2) is 17.0 Å². The highest BCUT2D eigenvalue weighted by Gasteiger charge is 2.17. The van der Waals surface area contributed by atoms with Gasteiger partial charge >= 0.3 is 5.97 Å². The molecule has 1 rings (SSSR count). The molecule has 0 aliphatic heterocycles. The molecule has 0 atom stereocenters. The van der Waals surface area contributed by atoms with Gasteiger partial charge in [0, 0.05) is 16.1 Å². The lowest BCUT2D eigenvalue weighted by Crippen LogP contribution is -2.22. The SMILES string of the molecule is CCCC(CCC)C(=O)Nc1ccc(Br)c(C(=O)O)c1. The third kappa shape index (κ3) is 4.63. The van der Waals surface area contributed by atoms with Crippen LogP contribution in [0.4, 0.5) is 5.69 Å². The van der Waals surface area contributed by atoms with Crippen LogP contribution in [0.15, 0.2) is 22.7 Å². The Hall–Kier alpha value is -1.36. The summed E-state index contributed by atoms with van der Waals surface area (Å²) >= 11 is 3.18. The summed E-state index contributed by atoms with van der Waals surface area (Å²) in [4.78, 5) is 23.2. The number of halogens is 1. The number of carboxylic acid groups (broad SMARTS) is 1. The first-order chi connectivity index (χ1) is 9.49. The summed E-state index contributed by atoms with van der Waals surface area (Å²) in [5.74, 6) is -1.07. The van der Waals surface area contributed by atoms with Crippen molar-refractivity contribution < 1.29 is 14.7 Å². The third-order valence-corrected chi connectivity index (χ3v) is 3.80. The molecule has 1 amide bonds. The second-order valence-corrected chi connectivity index (χ2v) is 5.62. The minimum absolute atomic E-state index is 0.0121. The Labute approximate surface area is 127 Å². The van der Waals surface area contributed by atoms with E-state index in [4.69, 9.17) is 5.11 Å². The van der Waals surface area contributed by atoms with E-state index in [1.165, 1.54) is 6.07 Å². The Morgan fingerprint density at radius 1 is 1.25 bits per heavy atom. The van der Waals surface area contributed by atoms with Crippen molar-refractivity contribution in [3.63, 3.8) is 0 Å². The predicted molar refractivity (Wildman–Crippen MR) is 83.0 cm³/mol. The molecule has 2 N–H and O–H groups in total. The van der Waals surface area contributed by atoms with Crippen molar-refractivity contribution in [2.75, 3.05) is 5.32 Å². The Kier molecular flexibility index (Phi) is 6.71. The van der Waals surface area contributed by atoms with Crippen molar-refractivity contribution in [3.05, 3.63) is 28.2 Å². The van der Waals surface area contributed by atoms with E-state index >= 15 is 0 Å². The van der Waals surface area contributed by atoms with Crippen LogP contribution in [0.3, 0.4) is 0 Å². The maximum atomic E-state index is 12.2. The molecule has 4 nitrogen and oxygen atoms in total. The van der Waals surface area contributed by atoms with Gasteiger partial charge in [-0.25, -0.2) is 4.79 Å². The van der Waals surface area contributed by atoms with Gasteiger partial charge < -0.3 is 10.4 Å². The summed E-state index contributed by atoms with van der Waals surface area (Å²) in [6.07, 6.45) is 3.61. The largest absolute Gasteiger partial charge is 0.478 e. The molecule has 1 aromatic rings. The molecule has 0 unspecified atom stereocenters. The normalized spacial score (nSPS) is 10.6. The zero-order chi connectivity index (χ0) is 15.1. The molecule has 1 aromatic carbocycles. The van der Waals surface area contributed by atoms with Gasteiger partial charge in [0.15, 0.2) is 0 Å². The number of nitrogens with one attached hydrogen (secondary N) is 1. The first-order valence-corrected chi connectivity index (χ1v) is 7.62. The van der Waals surface area contributed by atoms with Crippen LogP contribution in [0, 0.1) is 5.92 Å². The number of carbonyl (C=O) groups is 2. The summed E-state index contributed by atoms with van der Waals surface area (Å²) in [6.45, 7) is 4.11. The average molecular weight is 342 g/mol. The van der Waals surface area contributed by atoms with E-state index in [1.54, 1.807) is 12.1 Å². The number of benzene rings is 1. The van der Waals surface area contributed by atoms with Crippen LogP contribution in [0.25, 0.3) is 0 Å². The second-order valence-electron chi connectivity index (χ2n) is 4.76. The number of carboxylic acids is 1. The molecular formula is C15H20BrNO3. The molecule has 0 bridgehead atoms. The first kappa shape index (κ1) is 16.7. The first-order valence-electron chi connectivity index (χ1n) is 6.83. The number of aromatic carboxylic acids is 1. The van der Waals surface area contributed by atoms with Crippen LogP contribution in [0.1, 0.15) is 49.9 Å². The number of hydrogen-bond donors (Lipinski definition) is 2. The molecule has 0 saturated heterocycles. The van der Waals surface area contributed by atoms with Gasteiger partial charge in [-0.15, -0.1) is 0 Å². The molecule has 110 valence electrons. The van der Waals surface area contributed by atoms with Crippen molar-refractivity contribution in [2.45, 2.75) is 39.5 Å². The zero-order valence-corrected chi connectivity index (χ0v) is 13.4. The van der Waals surface area contributed by atoms with Crippen LogP contribution in [0.2, 0.25) is 0 Å². The summed E-state index contributed by atoms with van der Waals surface area (Å²) in [7, 11) is 0. The minimum Gasteiger partial charge on any atom is -0.478 e. The van der Waals surface area contributed by atoms with Crippen molar-refractivity contribution in [3.8, 4) is 0 Å². The lowest BCUT2D eigenvalue weighted by molar-refractivity contribution is -0.120. The van der Waals surface area contributed by atoms with Crippen LogP contribution >= 0.6 is 15.9 Å². The molecule has 0 aliphatic carbocycles. The van der Waals surface area contributed by atoms with Gasteiger partial charge in [-0.2, -0.15) is 0 Å². The number of carbonyl (C=O) groups excluding carboxylic acids is 1. The summed E-state index contributed by atoms with van der Waals surface area (Å²) in [5, 5.41) is 11.9. The van der Waals surface area contributed by atoms with Gasteiger partial charge in [-0.05, 0) is 47.0 Å². The van der Waals surface area contributed by atoms with E-state index < -0.39 is 5.97 Å². The molecule has 0 radical (unpaired) electrons. The van der Waals surface area contributed by atoms with E-state index in [1.807, 2.05) is 0 Å². The van der Waals surface area contributed by atoms with Crippen LogP contribution in [0.5, 0.6) is 0 Å². The fourth-order valence-electron chi connectivity index (χ4n) is 2.11. The third-order valence-electron chi connectivity index (χ3n) is 3.11. The van der Waals surface area contributed by atoms with Crippen molar-refractivity contribution in [2.24, 2.45) is 5.92 Å². The van der Waals surface area contributed by atoms with E-state index in [0.29, 0.717) is 10.2 Å². The number of rotatable bonds is 7. The topological polar surface area (TPSA) is 66.4 Å². The molecule has 0 fully saturated rings. The zero-order valence-electron chi connectivity index (χ0n) is 11.8. The molecular weight excluding hydrogens is 322 g/mol. The molecule has 20 heavy (non-hydrogen) atoms. The molecule has 0 aliphatic rings. The highest BCUT2D eigenvalue weighted by atomic mass is 79.9. The average Bonchev–Trinajstić information content (AvgIpc) is 2.40. The van der Waals surface area contributed by atoms with Crippen LogP contribution in [-0.2, 0) is 4.79 Å². The maximum Gasteiger partial charge on any atom is 0.336 e. The number of hydrogen-bond acceptors (Lipinski definition) is 2. The van der Waals surface area contributed by atoms with E-state index in [2.05, 4.69) is 35.1 Å². The maximum absolute atomic E-state index is 12.2. The molecule has 0 heterocycles. The molecule has 0 aromatic heterocycles. The van der Waals surface area contributed by atoms with Crippen molar-refractivity contribution in [1.29, 1.82) is 0 Å². The minimum atomic E-state index is -1.02. The smallest absolute Gasteiger partial charge is 0.336 e. The van der Waals surface area contributed by atoms with E-state index in [0.717, 1.165) is 25.7 Å². The second kappa shape index (κ2) is 8.04. The fraction of sp³-hybridized carbons (Fsp3) is 0.467. The lowest BCUT2D eigenvalue weighted by Gasteiger charge is -2.15. The molecule has 0 saturated carbocycles. The quantitative estimate of drug-likeness (QED) is 0.776. The Balaban J connectivity index is 2.84. The highest BCUT2D eigenvalue weighted by molar-refractivity contribution is 9.10. The van der Waals surface area contributed by atoms with Gasteiger partial charge in [0.1, 0.15) is 0 Å². The van der Waals surface area contributed by atoms with Crippen molar-refractivity contribution in [1.82, 2.24) is 0 Å². The standard InChI is InChI=1S/C15H20BrNO3/c1-3-5-10(6-4-2)14(18)17-11-7-8-13(16)12(9-11)15(19)20/h7-10H,3-6H2,1-2H3,(H,17,18)(H,19,20). The van der Waals surface area contributed by atoms with Crippen LogP contribution < -0.4 is 5.32 Å². The summed E-state index contributed by atoms with van der Waals surface area (Å²) < 4.78 is 0.502. The van der Waals surface area contributed by atoms with Gasteiger partial charge in [0.25, 0.3) is 0 Å². The van der Waals surface area contributed by atoms with Gasteiger partial charge in [-0.1, -0.05) is 26.7 Å². The Bertz CT molecular complexity index is 482. The fourth-order valence-corrected chi connectivity index (χ4v) is 2.53. The molecule has 5 heteroatoms. The predicted octanol–water partition coefficient (Wildman–Crippen LogP) is 4.30. The monoisotopic (exact) mass is 341 g/mol. The Morgan fingerprint density at radius 3 is 2.35 bits per heavy atom. The summed E-state index contributed by atoms with van der Waals surface area (Å²) in [5.41, 5.74) is 0.665. The van der Waals surface area contributed by atoms with Crippen molar-refractivity contribution >= 4 is 33.5 Å². The number of amides is 1. The van der Waals surface area contributed by atoms with E-state index in [9.17, 15) is 9.59 Å².